The molecular formula is C14H19Si2. The molecule has 0 saturated carbocycles. The molecular weight excluding hydrogens is 224 g/mol. The summed E-state index contributed by atoms with van der Waals surface area (Å²) in [6.45, 7) is 16.4. The maximum atomic E-state index is 3.93. The van der Waals surface area contributed by atoms with Crippen LogP contribution in [0.25, 0.3) is 0 Å². The molecule has 0 aromatic heterocycles. The molecule has 0 fully saturated rings. The maximum absolute atomic E-state index is 3.93. The Labute approximate surface area is 102 Å². The van der Waals surface area contributed by atoms with Crippen molar-refractivity contribution in [3.05, 3.63) is 61.1 Å². The van der Waals surface area contributed by atoms with E-state index in [2.05, 4.69) is 57.1 Å². The first kappa shape index (κ1) is 12.9. The summed E-state index contributed by atoms with van der Waals surface area (Å²) in [6, 6.07) is 8.90. The van der Waals surface area contributed by atoms with Crippen LogP contribution >= 0.6 is 0 Å². The minimum Gasteiger partial charge on any atom is -0.106 e. The lowest BCUT2D eigenvalue weighted by Crippen LogP contribution is -2.43. The van der Waals surface area contributed by atoms with Gasteiger partial charge in [-0.15, -0.1) is 19.7 Å². The molecule has 0 saturated heterocycles. The lowest BCUT2D eigenvalue weighted by molar-refractivity contribution is 1.77. The largest absolute Gasteiger partial charge is 0.156 e. The molecule has 2 heteroatoms. The molecule has 0 atom stereocenters. The van der Waals surface area contributed by atoms with Gasteiger partial charge in [-0.05, 0) is 5.19 Å². The van der Waals surface area contributed by atoms with Crippen LogP contribution < -0.4 is 10.4 Å². The van der Waals surface area contributed by atoms with Crippen molar-refractivity contribution >= 4 is 27.2 Å². The summed E-state index contributed by atoms with van der Waals surface area (Å²) in [5, 5.41) is 2.79. The van der Waals surface area contributed by atoms with E-state index in [0.29, 0.717) is 0 Å². The molecule has 0 aliphatic carbocycles. The first-order valence-corrected chi connectivity index (χ1v) is 10.1. The van der Waals surface area contributed by atoms with Gasteiger partial charge in [0, 0.05) is 0 Å². The van der Waals surface area contributed by atoms with E-state index in [0.717, 1.165) is 0 Å². The fourth-order valence-corrected chi connectivity index (χ4v) is 4.48. The lowest BCUT2D eigenvalue weighted by atomic mass is 10.4. The summed E-state index contributed by atoms with van der Waals surface area (Å²) in [5.41, 5.74) is 6.06. The fraction of sp³-hybridized carbons (Fsp3) is 0.143. The Morgan fingerprint density at radius 3 is 1.69 bits per heavy atom. The summed E-state index contributed by atoms with van der Waals surface area (Å²) >= 11 is 0. The van der Waals surface area contributed by atoms with Crippen molar-refractivity contribution in [2.45, 2.75) is 13.1 Å². The predicted octanol–water partition coefficient (Wildman–Crippen LogP) is 2.48. The zero-order valence-electron chi connectivity index (χ0n) is 10.2. The Bertz CT molecular complexity index is 366. The van der Waals surface area contributed by atoms with Crippen molar-refractivity contribution in [1.29, 1.82) is 0 Å². The summed E-state index contributed by atoms with van der Waals surface area (Å²) < 4.78 is 0. The van der Waals surface area contributed by atoms with E-state index in [4.69, 9.17) is 0 Å². The highest BCUT2D eigenvalue weighted by molar-refractivity contribution is 7.03. The minimum absolute atomic E-state index is 0.355. The number of hydrogen-bond donors (Lipinski definition) is 0. The van der Waals surface area contributed by atoms with Crippen LogP contribution in [0.4, 0.5) is 0 Å². The smallest absolute Gasteiger partial charge is 0.106 e. The Hall–Kier alpha value is -1.13. The predicted molar refractivity (Wildman–Crippen MR) is 79.5 cm³/mol. The van der Waals surface area contributed by atoms with Crippen molar-refractivity contribution in [3.8, 4) is 0 Å². The number of hydrogen-bond acceptors (Lipinski definition) is 0. The first-order valence-electron chi connectivity index (χ1n) is 5.41. The average molecular weight is 243 g/mol. The zero-order chi connectivity index (χ0) is 12.2. The van der Waals surface area contributed by atoms with E-state index in [1.165, 1.54) is 10.4 Å². The summed E-state index contributed by atoms with van der Waals surface area (Å²) in [7, 11) is -2.20. The molecule has 0 aliphatic heterocycles. The van der Waals surface area contributed by atoms with E-state index in [-0.39, 0.29) is 8.80 Å². The average Bonchev–Trinajstić information content (AvgIpc) is 2.33. The van der Waals surface area contributed by atoms with Gasteiger partial charge in [-0.1, -0.05) is 59.6 Å². The minimum atomic E-state index is -1.85. The molecule has 0 nitrogen and oxygen atoms in total. The Kier molecular flexibility index (Phi) is 4.27. The van der Waals surface area contributed by atoms with Gasteiger partial charge in [-0.25, -0.2) is 0 Å². The van der Waals surface area contributed by atoms with Gasteiger partial charge in [-0.3, -0.25) is 0 Å². The molecule has 0 aliphatic rings. The molecule has 0 unspecified atom stereocenters. The quantitative estimate of drug-likeness (QED) is 0.697. The van der Waals surface area contributed by atoms with Gasteiger partial charge in [0.2, 0.25) is 0 Å². The molecule has 0 amide bonds. The van der Waals surface area contributed by atoms with Crippen molar-refractivity contribution in [3.63, 3.8) is 0 Å². The maximum Gasteiger partial charge on any atom is 0.156 e. The monoisotopic (exact) mass is 243 g/mol. The second kappa shape index (κ2) is 5.28. The van der Waals surface area contributed by atoms with Crippen molar-refractivity contribution in [2.75, 3.05) is 0 Å². The van der Waals surface area contributed by atoms with E-state index < -0.39 is 8.07 Å². The molecule has 1 radical (unpaired) electrons. The van der Waals surface area contributed by atoms with Gasteiger partial charge >= 0.3 is 0 Å². The van der Waals surface area contributed by atoms with Crippen LogP contribution in [0, 0.1) is 0 Å². The number of rotatable bonds is 5. The number of benzene rings is 1. The molecule has 0 heterocycles. The van der Waals surface area contributed by atoms with E-state index >= 15 is 0 Å². The van der Waals surface area contributed by atoms with Gasteiger partial charge < -0.3 is 0 Å². The first-order chi connectivity index (χ1) is 7.59. The van der Waals surface area contributed by atoms with Gasteiger partial charge in [0.15, 0.2) is 8.07 Å². The van der Waals surface area contributed by atoms with Crippen LogP contribution in [0.15, 0.2) is 61.1 Å². The van der Waals surface area contributed by atoms with E-state index in [1.807, 2.05) is 17.1 Å². The highest BCUT2D eigenvalue weighted by atomic mass is 28.3. The normalized spacial score (nSPS) is 11.2. The Morgan fingerprint density at radius 2 is 1.38 bits per heavy atom. The molecule has 1 aromatic rings. The SMILES string of the molecule is C=C[Si](C=C)(C=C)c1ccc([Si](C)C)cc1. The van der Waals surface area contributed by atoms with Crippen LogP contribution in [0.3, 0.4) is 0 Å². The van der Waals surface area contributed by atoms with Crippen LogP contribution in [0.1, 0.15) is 0 Å². The van der Waals surface area contributed by atoms with Crippen LogP contribution in [-0.4, -0.2) is 16.9 Å². The third-order valence-electron chi connectivity index (χ3n) is 2.98. The highest BCUT2D eigenvalue weighted by Crippen LogP contribution is 2.07. The molecule has 0 spiro atoms. The fourth-order valence-electron chi connectivity index (χ4n) is 1.70. The highest BCUT2D eigenvalue weighted by Gasteiger charge is 2.24. The second-order valence-corrected chi connectivity index (χ2v) is 10.4. The summed E-state index contributed by atoms with van der Waals surface area (Å²) in [6.07, 6.45) is 0. The van der Waals surface area contributed by atoms with Crippen LogP contribution in [0.5, 0.6) is 0 Å². The van der Waals surface area contributed by atoms with Gasteiger partial charge in [0.25, 0.3) is 0 Å². The summed E-state index contributed by atoms with van der Waals surface area (Å²) in [5.74, 6) is 0. The van der Waals surface area contributed by atoms with Crippen molar-refractivity contribution < 1.29 is 0 Å². The molecule has 1 rings (SSSR count). The van der Waals surface area contributed by atoms with Crippen molar-refractivity contribution in [1.82, 2.24) is 0 Å². The van der Waals surface area contributed by atoms with E-state index in [9.17, 15) is 0 Å². The summed E-state index contributed by atoms with van der Waals surface area (Å²) in [4.78, 5) is 0. The lowest BCUT2D eigenvalue weighted by Gasteiger charge is -2.20. The third kappa shape index (κ3) is 2.34. The molecule has 0 bridgehead atoms. The van der Waals surface area contributed by atoms with Gasteiger partial charge in [0.1, 0.15) is 0 Å². The second-order valence-electron chi connectivity index (χ2n) is 4.12. The molecule has 83 valence electrons. The van der Waals surface area contributed by atoms with Crippen LogP contribution in [0.2, 0.25) is 13.1 Å². The molecule has 1 aromatic carbocycles. The Balaban J connectivity index is 3.18. The van der Waals surface area contributed by atoms with E-state index in [1.54, 1.807) is 0 Å². The van der Waals surface area contributed by atoms with Crippen molar-refractivity contribution in [2.24, 2.45) is 0 Å². The topological polar surface area (TPSA) is 0 Å². The van der Waals surface area contributed by atoms with Gasteiger partial charge in [0.05, 0.1) is 8.80 Å². The Morgan fingerprint density at radius 1 is 0.938 bits per heavy atom. The zero-order valence-corrected chi connectivity index (χ0v) is 12.2. The molecule has 16 heavy (non-hydrogen) atoms. The standard InChI is InChI=1S/C14H19Si2/c1-6-16(7-2,8-3)14-11-9-13(10-12-14)15(4)5/h6-12H,1-3H2,4-5H3. The molecule has 0 N–H and O–H groups in total. The third-order valence-corrected chi connectivity index (χ3v) is 7.82. The van der Waals surface area contributed by atoms with Crippen LogP contribution in [-0.2, 0) is 0 Å². The van der Waals surface area contributed by atoms with Gasteiger partial charge in [-0.2, -0.15) is 0 Å².